The average Bonchev–Trinajstić information content (AvgIpc) is 2.36. The third-order valence-corrected chi connectivity index (χ3v) is 3.07. The Morgan fingerprint density at radius 2 is 1.80 bits per heavy atom. The summed E-state index contributed by atoms with van der Waals surface area (Å²) >= 11 is 5.77. The fourth-order valence-electron chi connectivity index (χ4n) is 2.01. The zero-order valence-electron chi connectivity index (χ0n) is 11.2. The van der Waals surface area contributed by atoms with Crippen LogP contribution in [0.15, 0.2) is 36.4 Å². The first-order valence-electron chi connectivity index (χ1n) is 6.09. The molecule has 5 heteroatoms. The van der Waals surface area contributed by atoms with Gasteiger partial charge in [0.2, 0.25) is 0 Å². The van der Waals surface area contributed by atoms with Crippen molar-refractivity contribution in [1.29, 1.82) is 0 Å². The van der Waals surface area contributed by atoms with E-state index in [1.165, 1.54) is 6.07 Å². The van der Waals surface area contributed by atoms with Crippen LogP contribution in [0.25, 0.3) is 0 Å². The van der Waals surface area contributed by atoms with Crippen LogP contribution in [0.5, 0.6) is 5.75 Å². The highest BCUT2D eigenvalue weighted by molar-refractivity contribution is 6.30. The van der Waals surface area contributed by atoms with Crippen molar-refractivity contribution in [2.75, 3.05) is 0 Å². The van der Waals surface area contributed by atoms with Gasteiger partial charge in [-0.2, -0.15) is 0 Å². The largest absolute Gasteiger partial charge is 0.489 e. The second-order valence-electron chi connectivity index (χ2n) is 4.64. The fourth-order valence-corrected chi connectivity index (χ4v) is 2.17. The van der Waals surface area contributed by atoms with Crippen molar-refractivity contribution in [1.82, 2.24) is 0 Å². The topological polar surface area (TPSA) is 52.4 Å². The lowest BCUT2D eigenvalue weighted by atomic mass is 10.1. The predicted octanol–water partition coefficient (Wildman–Crippen LogP) is 4.44. The first-order valence-corrected chi connectivity index (χ1v) is 6.47. The first-order chi connectivity index (χ1) is 9.45. The molecule has 0 saturated heterocycles. The number of ether oxygens (including phenoxy) is 1. The monoisotopic (exact) mass is 291 g/mol. The Morgan fingerprint density at radius 1 is 1.15 bits per heavy atom. The van der Waals surface area contributed by atoms with Crippen molar-refractivity contribution < 1.29 is 9.66 Å². The van der Waals surface area contributed by atoms with Crippen LogP contribution in [-0.2, 0) is 6.61 Å². The number of nitro benzene ring substituents is 1. The van der Waals surface area contributed by atoms with Gasteiger partial charge >= 0.3 is 0 Å². The van der Waals surface area contributed by atoms with E-state index in [1.54, 1.807) is 12.1 Å². The van der Waals surface area contributed by atoms with Crippen LogP contribution >= 0.6 is 11.6 Å². The molecular weight excluding hydrogens is 278 g/mol. The molecule has 2 aromatic carbocycles. The van der Waals surface area contributed by atoms with Crippen molar-refractivity contribution in [2.24, 2.45) is 0 Å². The summed E-state index contributed by atoms with van der Waals surface area (Å²) in [6, 6.07) is 10.4. The maximum absolute atomic E-state index is 11.0. The Hall–Kier alpha value is -2.07. The molecular formula is C15H14ClNO3. The molecule has 0 aromatic heterocycles. The quantitative estimate of drug-likeness (QED) is 0.618. The maximum atomic E-state index is 11.0. The summed E-state index contributed by atoms with van der Waals surface area (Å²) in [7, 11) is 0. The number of hydrogen-bond donors (Lipinski definition) is 0. The van der Waals surface area contributed by atoms with Crippen LogP contribution in [0.3, 0.4) is 0 Å². The molecule has 0 saturated carbocycles. The van der Waals surface area contributed by atoms with E-state index in [2.05, 4.69) is 0 Å². The summed E-state index contributed by atoms with van der Waals surface area (Å²) in [5, 5.41) is 11.3. The van der Waals surface area contributed by atoms with Crippen LogP contribution in [0.4, 0.5) is 5.69 Å². The number of rotatable bonds is 4. The molecule has 0 aliphatic heterocycles. The van der Waals surface area contributed by atoms with Gasteiger partial charge in [-0.1, -0.05) is 17.7 Å². The molecule has 0 aliphatic rings. The molecule has 2 aromatic rings. The molecule has 0 N–H and O–H groups in total. The Labute approximate surface area is 122 Å². The van der Waals surface area contributed by atoms with Gasteiger partial charge in [-0.25, -0.2) is 0 Å². The third-order valence-electron chi connectivity index (χ3n) is 2.83. The number of nitrogens with zero attached hydrogens (tertiary/aromatic N) is 1. The van der Waals surface area contributed by atoms with Crippen LogP contribution in [0, 0.1) is 24.0 Å². The minimum atomic E-state index is -0.452. The van der Waals surface area contributed by atoms with Gasteiger partial charge in [-0.15, -0.1) is 0 Å². The third kappa shape index (κ3) is 3.48. The Morgan fingerprint density at radius 3 is 2.40 bits per heavy atom. The van der Waals surface area contributed by atoms with E-state index in [0.717, 1.165) is 11.1 Å². The molecule has 0 fully saturated rings. The van der Waals surface area contributed by atoms with Crippen LogP contribution in [0.1, 0.15) is 16.7 Å². The normalized spacial score (nSPS) is 10.3. The van der Waals surface area contributed by atoms with Gasteiger partial charge in [0.25, 0.3) is 5.69 Å². The Balaban J connectivity index is 2.20. The second-order valence-corrected chi connectivity index (χ2v) is 5.08. The summed E-state index contributed by atoms with van der Waals surface area (Å²) < 4.78 is 5.64. The zero-order chi connectivity index (χ0) is 14.7. The molecule has 104 valence electrons. The standard InChI is InChI=1S/C15H14ClNO3/c1-10-5-11(2)7-14(6-10)20-9-12-3-4-13(16)8-15(12)17(18)19/h3-8H,9H2,1-2H3. The van der Waals surface area contributed by atoms with E-state index in [9.17, 15) is 10.1 Å². The van der Waals surface area contributed by atoms with E-state index in [4.69, 9.17) is 16.3 Å². The highest BCUT2D eigenvalue weighted by Crippen LogP contribution is 2.25. The van der Waals surface area contributed by atoms with Crippen molar-refractivity contribution in [2.45, 2.75) is 20.5 Å². The number of hydrogen-bond acceptors (Lipinski definition) is 3. The molecule has 0 heterocycles. The van der Waals surface area contributed by atoms with E-state index in [1.807, 2.05) is 32.0 Å². The molecule has 0 atom stereocenters. The van der Waals surface area contributed by atoms with Gasteiger partial charge in [0.1, 0.15) is 12.4 Å². The summed E-state index contributed by atoms with van der Waals surface area (Å²) in [6.45, 7) is 4.09. The lowest BCUT2D eigenvalue weighted by molar-refractivity contribution is -0.385. The molecule has 0 aliphatic carbocycles. The molecule has 0 unspecified atom stereocenters. The summed E-state index contributed by atoms with van der Waals surface area (Å²) in [5.74, 6) is 0.701. The van der Waals surface area contributed by atoms with Crippen molar-refractivity contribution >= 4 is 17.3 Å². The zero-order valence-corrected chi connectivity index (χ0v) is 12.0. The van der Waals surface area contributed by atoms with Gasteiger partial charge in [0, 0.05) is 11.1 Å². The van der Waals surface area contributed by atoms with Crippen LogP contribution in [-0.4, -0.2) is 4.92 Å². The van der Waals surface area contributed by atoms with Crippen LogP contribution in [0.2, 0.25) is 5.02 Å². The fraction of sp³-hybridized carbons (Fsp3) is 0.200. The smallest absolute Gasteiger partial charge is 0.277 e. The van der Waals surface area contributed by atoms with Gasteiger partial charge < -0.3 is 4.74 Å². The SMILES string of the molecule is Cc1cc(C)cc(OCc2ccc(Cl)cc2[N+](=O)[O-])c1. The predicted molar refractivity (Wildman–Crippen MR) is 78.4 cm³/mol. The molecule has 0 spiro atoms. The average molecular weight is 292 g/mol. The van der Waals surface area contributed by atoms with E-state index in [-0.39, 0.29) is 12.3 Å². The van der Waals surface area contributed by atoms with Gasteiger partial charge in [-0.05, 0) is 49.2 Å². The van der Waals surface area contributed by atoms with Gasteiger partial charge in [0.15, 0.2) is 0 Å². The van der Waals surface area contributed by atoms with Crippen molar-refractivity contribution in [3.8, 4) is 5.75 Å². The van der Waals surface area contributed by atoms with E-state index >= 15 is 0 Å². The lowest BCUT2D eigenvalue weighted by Crippen LogP contribution is -2.01. The molecule has 4 nitrogen and oxygen atoms in total. The highest BCUT2D eigenvalue weighted by atomic mass is 35.5. The van der Waals surface area contributed by atoms with Crippen molar-refractivity contribution in [3.63, 3.8) is 0 Å². The molecule has 0 radical (unpaired) electrons. The number of aryl methyl sites for hydroxylation is 2. The maximum Gasteiger partial charge on any atom is 0.277 e. The minimum Gasteiger partial charge on any atom is -0.489 e. The summed E-state index contributed by atoms with van der Waals surface area (Å²) in [5.41, 5.74) is 2.65. The first kappa shape index (κ1) is 14.3. The molecule has 2 rings (SSSR count). The van der Waals surface area contributed by atoms with E-state index < -0.39 is 4.92 Å². The Kier molecular flexibility index (Phi) is 4.25. The molecule has 0 amide bonds. The summed E-state index contributed by atoms with van der Waals surface area (Å²) in [6.07, 6.45) is 0. The molecule has 0 bridgehead atoms. The Bertz CT molecular complexity index is 635. The van der Waals surface area contributed by atoms with Crippen molar-refractivity contribution in [3.05, 3.63) is 68.2 Å². The molecule has 20 heavy (non-hydrogen) atoms. The number of halogens is 1. The van der Waals surface area contributed by atoms with Gasteiger partial charge in [0.05, 0.1) is 10.5 Å². The minimum absolute atomic E-state index is 0.0260. The van der Waals surface area contributed by atoms with Gasteiger partial charge in [-0.3, -0.25) is 10.1 Å². The number of nitro groups is 1. The number of benzene rings is 2. The van der Waals surface area contributed by atoms with Crippen LogP contribution < -0.4 is 4.74 Å². The highest BCUT2D eigenvalue weighted by Gasteiger charge is 2.14. The summed E-state index contributed by atoms with van der Waals surface area (Å²) in [4.78, 5) is 10.5. The van der Waals surface area contributed by atoms with E-state index in [0.29, 0.717) is 16.3 Å². The second kappa shape index (κ2) is 5.92. The lowest BCUT2D eigenvalue weighted by Gasteiger charge is -2.09.